The van der Waals surface area contributed by atoms with Crippen LogP contribution < -0.4 is 0 Å². The first-order valence-corrected chi connectivity index (χ1v) is 7.83. The van der Waals surface area contributed by atoms with E-state index in [4.69, 9.17) is 0 Å². The number of hydrogen-bond acceptors (Lipinski definition) is 1. The van der Waals surface area contributed by atoms with Gasteiger partial charge >= 0.3 is 0 Å². The molecule has 1 saturated heterocycles. The summed E-state index contributed by atoms with van der Waals surface area (Å²) >= 11 is 6.86. The van der Waals surface area contributed by atoms with Gasteiger partial charge in [0.05, 0.1) is 0 Å². The second-order valence-electron chi connectivity index (χ2n) is 5.14. The zero-order valence-electron chi connectivity index (χ0n) is 10.6. The lowest BCUT2D eigenvalue weighted by Gasteiger charge is -2.36. The minimum atomic E-state index is 0.136. The van der Waals surface area contributed by atoms with Gasteiger partial charge in [-0.05, 0) is 43.9 Å². The number of carbonyl (C=O) groups excluding carboxylic acids is 1. The van der Waals surface area contributed by atoms with Crippen molar-refractivity contribution in [3.05, 3.63) is 32.7 Å². The van der Waals surface area contributed by atoms with Crippen LogP contribution in [0, 0.1) is 5.92 Å². The van der Waals surface area contributed by atoms with E-state index in [-0.39, 0.29) is 5.91 Å². The fourth-order valence-corrected chi connectivity index (χ4v) is 3.85. The number of piperidine rings is 1. The van der Waals surface area contributed by atoms with Gasteiger partial charge < -0.3 is 4.90 Å². The molecule has 1 heterocycles. The van der Waals surface area contributed by atoms with Gasteiger partial charge in [-0.2, -0.15) is 0 Å². The minimum absolute atomic E-state index is 0.136. The molecule has 1 aliphatic heterocycles. The summed E-state index contributed by atoms with van der Waals surface area (Å²) in [5.74, 6) is 0.856. The van der Waals surface area contributed by atoms with E-state index in [0.29, 0.717) is 6.04 Å². The second-order valence-corrected chi connectivity index (χ2v) is 6.97. The Morgan fingerprint density at radius 3 is 2.39 bits per heavy atom. The lowest BCUT2D eigenvalue weighted by atomic mass is 9.93. The first kappa shape index (κ1) is 14.1. The van der Waals surface area contributed by atoms with Crippen LogP contribution in [0.2, 0.25) is 0 Å². The van der Waals surface area contributed by atoms with Gasteiger partial charge in [-0.3, -0.25) is 4.79 Å². The molecule has 1 aliphatic rings. The molecule has 98 valence electrons. The maximum Gasteiger partial charge on any atom is 0.254 e. The average molecular weight is 375 g/mol. The number of carbonyl (C=O) groups is 1. The third-order valence-corrected chi connectivity index (χ3v) is 4.42. The number of halogens is 2. The van der Waals surface area contributed by atoms with Gasteiger partial charge in [0, 0.05) is 27.1 Å². The molecule has 0 saturated carbocycles. The molecule has 0 aliphatic carbocycles. The van der Waals surface area contributed by atoms with Crippen molar-refractivity contribution in [1.29, 1.82) is 0 Å². The normalized spacial score (nSPS) is 24.1. The topological polar surface area (TPSA) is 20.3 Å². The molecular weight excluding hydrogens is 358 g/mol. The van der Waals surface area contributed by atoms with Crippen LogP contribution >= 0.6 is 31.9 Å². The number of amides is 1. The van der Waals surface area contributed by atoms with E-state index in [1.807, 2.05) is 23.1 Å². The molecule has 1 amide bonds. The van der Waals surface area contributed by atoms with Crippen molar-refractivity contribution in [3.8, 4) is 0 Å². The number of likely N-dealkylation sites (tertiary alicyclic amines) is 1. The van der Waals surface area contributed by atoms with E-state index in [1.54, 1.807) is 0 Å². The second kappa shape index (κ2) is 5.74. The van der Waals surface area contributed by atoms with Crippen LogP contribution in [0.5, 0.6) is 0 Å². The van der Waals surface area contributed by atoms with Crippen LogP contribution in [0.15, 0.2) is 27.1 Å². The summed E-state index contributed by atoms with van der Waals surface area (Å²) in [6.45, 7) is 5.26. The Labute approximate surface area is 125 Å². The average Bonchev–Trinajstić information content (AvgIpc) is 2.26. The van der Waals surface area contributed by atoms with Gasteiger partial charge in [0.2, 0.25) is 0 Å². The van der Waals surface area contributed by atoms with E-state index in [1.165, 1.54) is 0 Å². The fourth-order valence-electron chi connectivity index (χ4n) is 2.55. The quantitative estimate of drug-likeness (QED) is 0.709. The standard InChI is InChI=1S/C14H17Br2NO/c1-9-3-4-17(10(2)5-9)14(18)11-6-12(15)8-13(16)7-11/h6-10H,3-5H2,1-2H3. The molecule has 2 unspecified atom stereocenters. The van der Waals surface area contributed by atoms with E-state index in [0.717, 1.165) is 39.8 Å². The molecular formula is C14H17Br2NO. The Hall–Kier alpha value is -0.350. The van der Waals surface area contributed by atoms with E-state index < -0.39 is 0 Å². The van der Waals surface area contributed by atoms with E-state index >= 15 is 0 Å². The molecule has 18 heavy (non-hydrogen) atoms. The molecule has 0 N–H and O–H groups in total. The van der Waals surface area contributed by atoms with Crippen molar-refractivity contribution in [2.45, 2.75) is 32.7 Å². The Morgan fingerprint density at radius 1 is 1.22 bits per heavy atom. The molecule has 4 heteroatoms. The third-order valence-electron chi connectivity index (χ3n) is 3.51. The predicted molar refractivity (Wildman–Crippen MR) is 80.7 cm³/mol. The summed E-state index contributed by atoms with van der Waals surface area (Å²) in [6, 6.07) is 6.05. The van der Waals surface area contributed by atoms with Crippen LogP contribution in [-0.2, 0) is 0 Å². The Balaban J connectivity index is 2.20. The molecule has 2 atom stereocenters. The summed E-state index contributed by atoms with van der Waals surface area (Å²) in [4.78, 5) is 14.5. The van der Waals surface area contributed by atoms with Gasteiger partial charge in [-0.1, -0.05) is 38.8 Å². The van der Waals surface area contributed by atoms with Crippen LogP contribution in [0.4, 0.5) is 0 Å². The number of hydrogen-bond donors (Lipinski definition) is 0. The number of benzene rings is 1. The van der Waals surface area contributed by atoms with Crippen molar-refractivity contribution in [3.63, 3.8) is 0 Å². The fraction of sp³-hybridized carbons (Fsp3) is 0.500. The predicted octanol–water partition coefficient (Wildman–Crippen LogP) is 4.47. The SMILES string of the molecule is CC1CCN(C(=O)c2cc(Br)cc(Br)c2)C(C)C1. The molecule has 1 aromatic rings. The van der Waals surface area contributed by atoms with Crippen molar-refractivity contribution >= 4 is 37.8 Å². The van der Waals surface area contributed by atoms with Gasteiger partial charge in [0.15, 0.2) is 0 Å². The van der Waals surface area contributed by atoms with Gasteiger partial charge in [-0.15, -0.1) is 0 Å². The van der Waals surface area contributed by atoms with Crippen LogP contribution in [0.3, 0.4) is 0 Å². The van der Waals surface area contributed by atoms with Crippen LogP contribution in [-0.4, -0.2) is 23.4 Å². The minimum Gasteiger partial charge on any atom is -0.336 e. The van der Waals surface area contributed by atoms with Crippen LogP contribution in [0.1, 0.15) is 37.0 Å². The molecule has 2 rings (SSSR count). The third kappa shape index (κ3) is 3.15. The number of nitrogens with zero attached hydrogens (tertiary/aromatic N) is 1. The Kier molecular flexibility index (Phi) is 4.49. The largest absolute Gasteiger partial charge is 0.336 e. The maximum absolute atomic E-state index is 12.5. The van der Waals surface area contributed by atoms with E-state index in [2.05, 4.69) is 45.7 Å². The van der Waals surface area contributed by atoms with Crippen molar-refractivity contribution in [1.82, 2.24) is 4.90 Å². The van der Waals surface area contributed by atoms with Crippen molar-refractivity contribution in [2.24, 2.45) is 5.92 Å². The molecule has 0 bridgehead atoms. The molecule has 2 nitrogen and oxygen atoms in total. The molecule has 0 radical (unpaired) electrons. The Bertz CT molecular complexity index is 441. The lowest BCUT2D eigenvalue weighted by molar-refractivity contribution is 0.0588. The highest BCUT2D eigenvalue weighted by molar-refractivity contribution is 9.11. The monoisotopic (exact) mass is 373 g/mol. The first-order chi connectivity index (χ1) is 8.47. The highest BCUT2D eigenvalue weighted by Gasteiger charge is 2.27. The van der Waals surface area contributed by atoms with Crippen molar-refractivity contribution < 1.29 is 4.79 Å². The Morgan fingerprint density at radius 2 is 1.83 bits per heavy atom. The van der Waals surface area contributed by atoms with E-state index in [9.17, 15) is 4.79 Å². The first-order valence-electron chi connectivity index (χ1n) is 6.24. The summed E-state index contributed by atoms with van der Waals surface area (Å²) < 4.78 is 1.86. The molecule has 1 aromatic carbocycles. The maximum atomic E-state index is 12.5. The molecule has 0 spiro atoms. The summed E-state index contributed by atoms with van der Waals surface area (Å²) in [5, 5.41) is 0. The molecule has 1 fully saturated rings. The summed E-state index contributed by atoms with van der Waals surface area (Å²) in [7, 11) is 0. The van der Waals surface area contributed by atoms with Gasteiger partial charge in [0.25, 0.3) is 5.91 Å². The van der Waals surface area contributed by atoms with Gasteiger partial charge in [0.1, 0.15) is 0 Å². The highest BCUT2D eigenvalue weighted by atomic mass is 79.9. The molecule has 0 aromatic heterocycles. The zero-order valence-corrected chi connectivity index (χ0v) is 13.8. The highest BCUT2D eigenvalue weighted by Crippen LogP contribution is 2.26. The smallest absolute Gasteiger partial charge is 0.254 e. The summed E-state index contributed by atoms with van der Waals surface area (Å²) in [6.07, 6.45) is 2.20. The summed E-state index contributed by atoms with van der Waals surface area (Å²) in [5.41, 5.74) is 0.748. The number of rotatable bonds is 1. The van der Waals surface area contributed by atoms with Crippen LogP contribution in [0.25, 0.3) is 0 Å². The van der Waals surface area contributed by atoms with Crippen molar-refractivity contribution in [2.75, 3.05) is 6.54 Å². The lowest BCUT2D eigenvalue weighted by Crippen LogP contribution is -2.44. The van der Waals surface area contributed by atoms with Gasteiger partial charge in [-0.25, -0.2) is 0 Å². The zero-order chi connectivity index (χ0) is 13.3.